The van der Waals surface area contributed by atoms with Crippen molar-refractivity contribution in [3.8, 4) is 0 Å². The van der Waals surface area contributed by atoms with Crippen LogP contribution >= 0.6 is 0 Å². The first-order valence-corrected chi connectivity index (χ1v) is 5.33. The number of Topliss-reactive ketones (excluding diaryl/α,β-unsaturated/α-hetero) is 1. The molecule has 0 radical (unpaired) electrons. The lowest BCUT2D eigenvalue weighted by atomic mass is 9.87. The van der Waals surface area contributed by atoms with Crippen LogP contribution in [0.1, 0.15) is 33.6 Å². The molecule has 0 aromatic carbocycles. The molecule has 0 atom stereocenters. The van der Waals surface area contributed by atoms with Crippen molar-refractivity contribution in [1.82, 2.24) is 4.90 Å². The maximum atomic E-state index is 12.0. The van der Waals surface area contributed by atoms with E-state index in [1.54, 1.807) is 0 Å². The fourth-order valence-electron chi connectivity index (χ4n) is 1.86. The van der Waals surface area contributed by atoms with Gasteiger partial charge in [-0.3, -0.25) is 9.69 Å². The fraction of sp³-hybridized carbons (Fsp3) is 0.909. The second-order valence-electron chi connectivity index (χ2n) is 3.69. The molecule has 3 heteroatoms. The van der Waals surface area contributed by atoms with Gasteiger partial charge in [0.05, 0.1) is 5.54 Å². The molecule has 0 unspecified atom stereocenters. The van der Waals surface area contributed by atoms with E-state index < -0.39 is 0 Å². The Morgan fingerprint density at radius 2 is 1.71 bits per heavy atom. The van der Waals surface area contributed by atoms with Gasteiger partial charge in [-0.2, -0.15) is 0 Å². The van der Waals surface area contributed by atoms with Crippen LogP contribution in [0.3, 0.4) is 0 Å². The standard InChI is InChI=1S/C11H23NO2/c1-6-11(7-2,12(4)5)10(13)9-14-8-3/h6-9H2,1-5H3. The number of rotatable bonds is 7. The smallest absolute Gasteiger partial charge is 0.178 e. The first-order valence-electron chi connectivity index (χ1n) is 5.33. The topological polar surface area (TPSA) is 29.5 Å². The maximum absolute atomic E-state index is 12.0. The summed E-state index contributed by atoms with van der Waals surface area (Å²) >= 11 is 0. The number of ether oxygens (including phenoxy) is 1. The molecule has 0 saturated carbocycles. The maximum Gasteiger partial charge on any atom is 0.178 e. The zero-order chi connectivity index (χ0) is 11.2. The highest BCUT2D eigenvalue weighted by Crippen LogP contribution is 2.22. The first-order chi connectivity index (χ1) is 6.55. The van der Waals surface area contributed by atoms with Crippen molar-refractivity contribution in [3.63, 3.8) is 0 Å². The second-order valence-corrected chi connectivity index (χ2v) is 3.69. The van der Waals surface area contributed by atoms with E-state index in [1.165, 1.54) is 0 Å². The van der Waals surface area contributed by atoms with Crippen LogP contribution in [-0.4, -0.2) is 43.5 Å². The number of hydrogen-bond donors (Lipinski definition) is 0. The molecule has 84 valence electrons. The number of nitrogens with zero attached hydrogens (tertiary/aromatic N) is 1. The van der Waals surface area contributed by atoms with Crippen molar-refractivity contribution in [2.75, 3.05) is 27.3 Å². The summed E-state index contributed by atoms with van der Waals surface area (Å²) in [5.74, 6) is 0.189. The predicted octanol–water partition coefficient (Wildman–Crippen LogP) is 1.71. The third kappa shape index (κ3) is 2.79. The highest BCUT2D eigenvalue weighted by molar-refractivity contribution is 5.89. The van der Waals surface area contributed by atoms with Crippen molar-refractivity contribution in [2.45, 2.75) is 39.2 Å². The fourth-order valence-corrected chi connectivity index (χ4v) is 1.86. The highest BCUT2D eigenvalue weighted by atomic mass is 16.5. The minimum Gasteiger partial charge on any atom is -0.374 e. The van der Waals surface area contributed by atoms with Crippen LogP contribution in [0.25, 0.3) is 0 Å². The molecule has 0 amide bonds. The number of carbonyl (C=O) groups is 1. The lowest BCUT2D eigenvalue weighted by Gasteiger charge is -2.36. The van der Waals surface area contributed by atoms with Crippen LogP contribution in [0.15, 0.2) is 0 Å². The Balaban J connectivity index is 4.54. The van der Waals surface area contributed by atoms with E-state index in [0.717, 1.165) is 12.8 Å². The Morgan fingerprint density at radius 3 is 2.00 bits per heavy atom. The van der Waals surface area contributed by atoms with Crippen LogP contribution in [-0.2, 0) is 9.53 Å². The quantitative estimate of drug-likeness (QED) is 0.628. The average Bonchev–Trinajstić information content (AvgIpc) is 2.17. The molecule has 0 heterocycles. The summed E-state index contributed by atoms with van der Waals surface area (Å²) in [5, 5.41) is 0. The summed E-state index contributed by atoms with van der Waals surface area (Å²) < 4.78 is 5.18. The van der Waals surface area contributed by atoms with E-state index >= 15 is 0 Å². The van der Waals surface area contributed by atoms with Gasteiger partial charge in [0, 0.05) is 6.61 Å². The number of carbonyl (C=O) groups excluding carboxylic acids is 1. The summed E-state index contributed by atoms with van der Waals surface area (Å²) in [5.41, 5.74) is -0.338. The number of likely N-dealkylation sites (N-methyl/N-ethyl adjacent to an activating group) is 1. The average molecular weight is 201 g/mol. The summed E-state index contributed by atoms with van der Waals surface area (Å²) in [6, 6.07) is 0. The zero-order valence-corrected chi connectivity index (χ0v) is 10.1. The molecule has 0 rings (SSSR count). The Bertz CT molecular complexity index is 174. The van der Waals surface area contributed by atoms with Crippen LogP contribution < -0.4 is 0 Å². The second kappa shape index (κ2) is 6.14. The molecule has 0 fully saturated rings. The third-order valence-corrected chi connectivity index (χ3v) is 2.98. The molecular weight excluding hydrogens is 178 g/mol. The van der Waals surface area contributed by atoms with Gasteiger partial charge < -0.3 is 4.74 Å². The van der Waals surface area contributed by atoms with E-state index in [1.807, 2.05) is 39.8 Å². The van der Waals surface area contributed by atoms with Crippen LogP contribution in [0, 0.1) is 0 Å². The molecule has 0 aromatic heterocycles. The van der Waals surface area contributed by atoms with E-state index in [9.17, 15) is 4.79 Å². The normalized spacial score (nSPS) is 12.1. The van der Waals surface area contributed by atoms with Gasteiger partial charge in [-0.05, 0) is 33.9 Å². The molecule has 0 aromatic rings. The van der Waals surface area contributed by atoms with Crippen LogP contribution in [0.2, 0.25) is 0 Å². The molecule has 0 N–H and O–H groups in total. The summed E-state index contributed by atoms with van der Waals surface area (Å²) in [7, 11) is 3.91. The van der Waals surface area contributed by atoms with Gasteiger partial charge in [0.25, 0.3) is 0 Å². The van der Waals surface area contributed by atoms with Crippen LogP contribution in [0.5, 0.6) is 0 Å². The van der Waals surface area contributed by atoms with Crippen LogP contribution in [0.4, 0.5) is 0 Å². The number of ketones is 1. The molecule has 0 aliphatic heterocycles. The summed E-state index contributed by atoms with van der Waals surface area (Å²) in [6.07, 6.45) is 1.67. The van der Waals surface area contributed by atoms with Gasteiger partial charge in [0.2, 0.25) is 0 Å². The molecule has 0 aliphatic carbocycles. The SMILES string of the molecule is CCOCC(=O)C(CC)(CC)N(C)C. The Morgan fingerprint density at radius 1 is 1.21 bits per heavy atom. The predicted molar refractivity (Wildman–Crippen MR) is 58.5 cm³/mol. The number of hydrogen-bond acceptors (Lipinski definition) is 3. The lowest BCUT2D eigenvalue weighted by Crippen LogP contribution is -2.51. The van der Waals surface area contributed by atoms with Gasteiger partial charge in [0.1, 0.15) is 6.61 Å². The van der Waals surface area contributed by atoms with Gasteiger partial charge in [-0.25, -0.2) is 0 Å². The van der Waals surface area contributed by atoms with Gasteiger partial charge >= 0.3 is 0 Å². The van der Waals surface area contributed by atoms with E-state index in [4.69, 9.17) is 4.74 Å². The van der Waals surface area contributed by atoms with Crippen molar-refractivity contribution < 1.29 is 9.53 Å². The highest BCUT2D eigenvalue weighted by Gasteiger charge is 2.36. The Hall–Kier alpha value is -0.410. The zero-order valence-electron chi connectivity index (χ0n) is 10.1. The summed E-state index contributed by atoms with van der Waals surface area (Å²) in [6.45, 7) is 6.84. The molecular formula is C11H23NO2. The lowest BCUT2D eigenvalue weighted by molar-refractivity contribution is -0.135. The third-order valence-electron chi connectivity index (χ3n) is 2.98. The van der Waals surface area contributed by atoms with Crippen molar-refractivity contribution in [3.05, 3.63) is 0 Å². The van der Waals surface area contributed by atoms with E-state index in [2.05, 4.69) is 0 Å². The van der Waals surface area contributed by atoms with Crippen molar-refractivity contribution >= 4 is 5.78 Å². The van der Waals surface area contributed by atoms with Gasteiger partial charge in [-0.15, -0.1) is 0 Å². The monoisotopic (exact) mass is 201 g/mol. The first kappa shape index (κ1) is 13.6. The molecule has 0 spiro atoms. The van der Waals surface area contributed by atoms with E-state index in [-0.39, 0.29) is 17.9 Å². The van der Waals surface area contributed by atoms with Crippen molar-refractivity contribution in [1.29, 1.82) is 0 Å². The minimum absolute atomic E-state index is 0.189. The molecule has 0 saturated heterocycles. The molecule has 14 heavy (non-hydrogen) atoms. The molecule has 0 bridgehead atoms. The largest absolute Gasteiger partial charge is 0.374 e. The van der Waals surface area contributed by atoms with Gasteiger partial charge in [-0.1, -0.05) is 13.8 Å². The van der Waals surface area contributed by atoms with Crippen molar-refractivity contribution in [2.24, 2.45) is 0 Å². The summed E-state index contributed by atoms with van der Waals surface area (Å²) in [4.78, 5) is 14.0. The Kier molecular flexibility index (Phi) is 5.96. The molecule has 0 aliphatic rings. The van der Waals surface area contributed by atoms with E-state index in [0.29, 0.717) is 6.61 Å². The minimum atomic E-state index is -0.338. The molecule has 3 nitrogen and oxygen atoms in total. The van der Waals surface area contributed by atoms with Gasteiger partial charge in [0.15, 0.2) is 5.78 Å². The Labute approximate surface area is 87.4 Å².